The van der Waals surface area contributed by atoms with Crippen molar-refractivity contribution in [1.82, 2.24) is 19.7 Å². The van der Waals surface area contributed by atoms with E-state index in [-0.39, 0.29) is 0 Å². The van der Waals surface area contributed by atoms with Crippen LogP contribution >= 0.6 is 0 Å². The Kier molecular flexibility index (Phi) is 2.64. The predicted molar refractivity (Wildman–Crippen MR) is 67.5 cm³/mol. The minimum Gasteiger partial charge on any atom is -0.390 e. The average molecular weight is 255 g/mol. The van der Waals surface area contributed by atoms with Crippen LogP contribution in [0.5, 0.6) is 0 Å². The fraction of sp³-hybridized carbons (Fsp3) is 0.0833. The molecule has 0 saturated carbocycles. The summed E-state index contributed by atoms with van der Waals surface area (Å²) in [6.07, 6.45) is 3.07. The summed E-state index contributed by atoms with van der Waals surface area (Å²) in [5.41, 5.74) is 1.81. The number of nitro groups is 1. The van der Waals surface area contributed by atoms with Gasteiger partial charge in [-0.1, -0.05) is 29.2 Å². The van der Waals surface area contributed by atoms with E-state index in [0.717, 1.165) is 16.5 Å². The first-order valence-corrected chi connectivity index (χ1v) is 5.60. The maximum atomic E-state index is 10.5. The smallest absolute Gasteiger partial charge is 0.390 e. The molecule has 0 N–H and O–H groups in total. The molecule has 3 rings (SSSR count). The zero-order valence-electron chi connectivity index (χ0n) is 9.80. The van der Waals surface area contributed by atoms with Crippen LogP contribution in [0, 0.1) is 10.1 Å². The van der Waals surface area contributed by atoms with Crippen molar-refractivity contribution >= 4 is 16.9 Å². The lowest BCUT2D eigenvalue weighted by Gasteiger charge is -2.03. The summed E-state index contributed by atoms with van der Waals surface area (Å²) >= 11 is 0. The van der Waals surface area contributed by atoms with Gasteiger partial charge in [0.1, 0.15) is 0 Å². The van der Waals surface area contributed by atoms with Gasteiger partial charge >= 0.3 is 5.95 Å². The summed E-state index contributed by atoms with van der Waals surface area (Å²) in [5.74, 6) is -0.395. The molecule has 3 aromatic rings. The zero-order chi connectivity index (χ0) is 13.2. The van der Waals surface area contributed by atoms with Gasteiger partial charge in [0, 0.05) is 22.2 Å². The fourth-order valence-corrected chi connectivity index (χ4v) is 1.91. The van der Waals surface area contributed by atoms with Crippen molar-refractivity contribution in [2.75, 3.05) is 0 Å². The van der Waals surface area contributed by atoms with E-state index in [0.29, 0.717) is 6.54 Å². The molecular weight excluding hydrogens is 246 g/mol. The van der Waals surface area contributed by atoms with Crippen LogP contribution in [-0.2, 0) is 6.54 Å². The van der Waals surface area contributed by atoms with Crippen molar-refractivity contribution in [3.63, 3.8) is 0 Å². The molecule has 0 radical (unpaired) electrons. The maximum absolute atomic E-state index is 10.5. The van der Waals surface area contributed by atoms with Gasteiger partial charge in [-0.3, -0.25) is 4.98 Å². The summed E-state index contributed by atoms with van der Waals surface area (Å²) in [6.45, 7) is 0.398. The predicted octanol–water partition coefficient (Wildman–Crippen LogP) is 1.78. The van der Waals surface area contributed by atoms with Crippen molar-refractivity contribution in [1.29, 1.82) is 0 Å². The van der Waals surface area contributed by atoms with Crippen LogP contribution in [0.15, 0.2) is 42.9 Å². The molecule has 7 nitrogen and oxygen atoms in total. The SMILES string of the molecule is O=[N+]([O-])c1ncn(Cc2cccc3cccnc23)n1. The number of hydrogen-bond acceptors (Lipinski definition) is 5. The van der Waals surface area contributed by atoms with E-state index in [9.17, 15) is 10.1 Å². The molecule has 0 spiro atoms. The van der Waals surface area contributed by atoms with Crippen molar-refractivity contribution in [2.45, 2.75) is 6.54 Å². The second-order valence-corrected chi connectivity index (χ2v) is 3.99. The van der Waals surface area contributed by atoms with Gasteiger partial charge in [0.15, 0.2) is 0 Å². The van der Waals surface area contributed by atoms with Gasteiger partial charge in [-0.05, 0) is 11.0 Å². The number of rotatable bonds is 3. The van der Waals surface area contributed by atoms with E-state index in [1.54, 1.807) is 6.20 Å². The van der Waals surface area contributed by atoms with Gasteiger partial charge in [-0.2, -0.15) is 4.68 Å². The molecular formula is C12H9N5O2. The number of fused-ring (bicyclic) bond motifs is 1. The van der Waals surface area contributed by atoms with Gasteiger partial charge < -0.3 is 10.1 Å². The van der Waals surface area contributed by atoms with E-state index in [1.807, 2.05) is 30.3 Å². The van der Waals surface area contributed by atoms with Gasteiger partial charge in [0.05, 0.1) is 12.1 Å². The third kappa shape index (κ3) is 2.13. The number of aromatic nitrogens is 4. The quantitative estimate of drug-likeness (QED) is 0.526. The van der Waals surface area contributed by atoms with E-state index in [2.05, 4.69) is 15.1 Å². The highest BCUT2D eigenvalue weighted by Gasteiger charge is 2.14. The topological polar surface area (TPSA) is 86.7 Å². The highest BCUT2D eigenvalue weighted by molar-refractivity contribution is 5.81. The van der Waals surface area contributed by atoms with E-state index in [1.165, 1.54) is 11.0 Å². The second-order valence-electron chi connectivity index (χ2n) is 3.99. The van der Waals surface area contributed by atoms with Crippen LogP contribution < -0.4 is 0 Å². The van der Waals surface area contributed by atoms with Crippen molar-refractivity contribution in [2.24, 2.45) is 0 Å². The Morgan fingerprint density at radius 1 is 1.21 bits per heavy atom. The van der Waals surface area contributed by atoms with Gasteiger partial charge in [0.2, 0.25) is 6.33 Å². The van der Waals surface area contributed by atoms with Gasteiger partial charge in [-0.15, -0.1) is 0 Å². The largest absolute Gasteiger partial charge is 0.490 e. The summed E-state index contributed by atoms with van der Waals surface area (Å²) in [4.78, 5) is 17.9. The Morgan fingerprint density at radius 3 is 2.84 bits per heavy atom. The maximum Gasteiger partial charge on any atom is 0.490 e. The summed E-state index contributed by atoms with van der Waals surface area (Å²) in [6, 6.07) is 9.64. The Bertz CT molecular complexity index is 747. The molecule has 0 aliphatic rings. The molecule has 0 saturated heterocycles. The Morgan fingerprint density at radius 2 is 2.05 bits per heavy atom. The first-order valence-electron chi connectivity index (χ1n) is 5.60. The standard InChI is InChI=1S/C12H9N5O2/c18-17(19)12-14-8-16(15-12)7-10-4-1-3-9-5-2-6-13-11(9)10/h1-6,8H,7H2. The van der Waals surface area contributed by atoms with Crippen molar-refractivity contribution in [3.8, 4) is 0 Å². The first kappa shape index (κ1) is 11.3. The van der Waals surface area contributed by atoms with Crippen molar-refractivity contribution in [3.05, 3.63) is 58.5 Å². The molecule has 0 fully saturated rings. The number of hydrogen-bond donors (Lipinski definition) is 0. The highest BCUT2D eigenvalue weighted by Crippen LogP contribution is 2.16. The van der Waals surface area contributed by atoms with Crippen LogP contribution in [0.1, 0.15) is 5.56 Å². The lowest BCUT2D eigenvalue weighted by molar-refractivity contribution is -0.394. The van der Waals surface area contributed by atoms with Crippen LogP contribution in [-0.4, -0.2) is 24.7 Å². The van der Waals surface area contributed by atoms with Crippen LogP contribution in [0.2, 0.25) is 0 Å². The fourth-order valence-electron chi connectivity index (χ4n) is 1.91. The molecule has 94 valence electrons. The van der Waals surface area contributed by atoms with Crippen molar-refractivity contribution < 1.29 is 4.92 Å². The molecule has 0 unspecified atom stereocenters. The van der Waals surface area contributed by atoms with E-state index < -0.39 is 10.9 Å². The average Bonchev–Trinajstić information content (AvgIpc) is 2.88. The van der Waals surface area contributed by atoms with E-state index >= 15 is 0 Å². The summed E-state index contributed by atoms with van der Waals surface area (Å²) in [5, 5.41) is 15.3. The lowest BCUT2D eigenvalue weighted by atomic mass is 10.1. The number of nitrogens with zero attached hydrogens (tertiary/aromatic N) is 5. The molecule has 7 heteroatoms. The third-order valence-corrected chi connectivity index (χ3v) is 2.74. The molecule has 0 aliphatic heterocycles. The second kappa shape index (κ2) is 4.45. The van der Waals surface area contributed by atoms with Gasteiger partial charge in [0.25, 0.3) is 0 Å². The summed E-state index contributed by atoms with van der Waals surface area (Å²) < 4.78 is 1.43. The minimum atomic E-state index is -0.613. The Balaban J connectivity index is 1.98. The molecule has 0 atom stereocenters. The number of pyridine rings is 1. The molecule has 0 amide bonds. The first-order chi connectivity index (χ1) is 9.24. The van der Waals surface area contributed by atoms with Crippen LogP contribution in [0.4, 0.5) is 5.95 Å². The number of para-hydroxylation sites is 1. The molecule has 0 aliphatic carbocycles. The summed E-state index contributed by atoms with van der Waals surface area (Å²) in [7, 11) is 0. The molecule has 1 aromatic carbocycles. The molecule has 19 heavy (non-hydrogen) atoms. The third-order valence-electron chi connectivity index (χ3n) is 2.74. The Hall–Kier alpha value is -2.83. The van der Waals surface area contributed by atoms with Crippen LogP contribution in [0.25, 0.3) is 10.9 Å². The molecule has 0 bridgehead atoms. The lowest BCUT2D eigenvalue weighted by Crippen LogP contribution is -2.02. The normalized spacial score (nSPS) is 10.7. The van der Waals surface area contributed by atoms with E-state index in [4.69, 9.17) is 0 Å². The number of benzene rings is 1. The highest BCUT2D eigenvalue weighted by atomic mass is 16.6. The zero-order valence-corrected chi connectivity index (χ0v) is 9.80. The Labute approximate surface area is 107 Å². The molecule has 2 heterocycles. The minimum absolute atomic E-state index is 0.395. The molecule has 2 aromatic heterocycles. The van der Waals surface area contributed by atoms with Crippen LogP contribution in [0.3, 0.4) is 0 Å². The van der Waals surface area contributed by atoms with Gasteiger partial charge in [-0.25, -0.2) is 0 Å². The monoisotopic (exact) mass is 255 g/mol.